The highest BCUT2D eigenvalue weighted by Gasteiger charge is 2.74. The standard InChI is InChI=1S/C12H19NO2S/c1-15-10(14)12-6-11(7-12,8-12)9-5-16-4-2-3-13-9/h9,13H,2-8H2,1H3. The van der Waals surface area contributed by atoms with Crippen molar-refractivity contribution in [1.29, 1.82) is 0 Å². The van der Waals surface area contributed by atoms with Gasteiger partial charge in [-0.15, -0.1) is 0 Å². The molecule has 3 nitrogen and oxygen atoms in total. The lowest BCUT2D eigenvalue weighted by Crippen LogP contribution is -2.72. The number of methoxy groups -OCH3 is 1. The van der Waals surface area contributed by atoms with E-state index < -0.39 is 0 Å². The minimum Gasteiger partial charge on any atom is -0.469 e. The van der Waals surface area contributed by atoms with E-state index in [9.17, 15) is 4.79 Å². The van der Waals surface area contributed by atoms with Crippen molar-refractivity contribution < 1.29 is 9.53 Å². The highest BCUT2D eigenvalue weighted by Crippen LogP contribution is 2.75. The van der Waals surface area contributed by atoms with E-state index in [4.69, 9.17) is 4.74 Å². The largest absolute Gasteiger partial charge is 0.469 e. The molecule has 0 aromatic rings. The van der Waals surface area contributed by atoms with Crippen molar-refractivity contribution in [2.75, 3.05) is 25.2 Å². The molecular weight excluding hydrogens is 222 g/mol. The summed E-state index contributed by atoms with van der Waals surface area (Å²) < 4.78 is 4.89. The Morgan fingerprint density at radius 1 is 1.44 bits per heavy atom. The molecule has 90 valence electrons. The molecule has 0 amide bonds. The molecule has 4 heteroatoms. The summed E-state index contributed by atoms with van der Waals surface area (Å²) in [5.74, 6) is 2.52. The van der Waals surface area contributed by atoms with E-state index in [0.29, 0.717) is 11.5 Å². The van der Waals surface area contributed by atoms with Gasteiger partial charge in [0.2, 0.25) is 0 Å². The normalized spacial score (nSPS) is 46.2. The maximum atomic E-state index is 11.6. The fraction of sp³-hybridized carbons (Fsp3) is 0.917. The smallest absolute Gasteiger partial charge is 0.311 e. The summed E-state index contributed by atoms with van der Waals surface area (Å²) in [5, 5.41) is 3.66. The van der Waals surface area contributed by atoms with Crippen LogP contribution in [-0.2, 0) is 9.53 Å². The Hall–Kier alpha value is -0.220. The summed E-state index contributed by atoms with van der Waals surface area (Å²) >= 11 is 2.06. The van der Waals surface area contributed by atoms with Gasteiger partial charge in [0, 0.05) is 11.8 Å². The summed E-state index contributed by atoms with van der Waals surface area (Å²) in [7, 11) is 1.51. The molecule has 0 spiro atoms. The fourth-order valence-electron chi connectivity index (χ4n) is 3.77. The van der Waals surface area contributed by atoms with E-state index >= 15 is 0 Å². The van der Waals surface area contributed by atoms with Crippen LogP contribution in [0.4, 0.5) is 0 Å². The summed E-state index contributed by atoms with van der Waals surface area (Å²) in [6.07, 6.45) is 4.46. The first-order valence-corrected chi connectivity index (χ1v) is 7.26. The Balaban J connectivity index is 1.62. The Morgan fingerprint density at radius 3 is 2.88 bits per heavy atom. The third kappa shape index (κ3) is 1.35. The van der Waals surface area contributed by atoms with Crippen molar-refractivity contribution in [3.8, 4) is 0 Å². The summed E-state index contributed by atoms with van der Waals surface area (Å²) in [6, 6.07) is 0.631. The van der Waals surface area contributed by atoms with Gasteiger partial charge in [0.15, 0.2) is 0 Å². The van der Waals surface area contributed by atoms with Gasteiger partial charge in [-0.1, -0.05) is 0 Å². The van der Waals surface area contributed by atoms with Crippen LogP contribution in [-0.4, -0.2) is 37.2 Å². The van der Waals surface area contributed by atoms with Crippen LogP contribution >= 0.6 is 11.8 Å². The molecule has 3 saturated carbocycles. The number of esters is 1. The van der Waals surface area contributed by atoms with Crippen molar-refractivity contribution in [3.05, 3.63) is 0 Å². The van der Waals surface area contributed by atoms with Crippen LogP contribution in [0.15, 0.2) is 0 Å². The molecule has 0 radical (unpaired) electrons. The van der Waals surface area contributed by atoms with Crippen LogP contribution in [0.1, 0.15) is 25.7 Å². The monoisotopic (exact) mass is 241 g/mol. The van der Waals surface area contributed by atoms with Crippen LogP contribution < -0.4 is 5.32 Å². The van der Waals surface area contributed by atoms with Gasteiger partial charge >= 0.3 is 5.97 Å². The number of carbonyl (C=O) groups excluding carboxylic acids is 1. The van der Waals surface area contributed by atoms with Crippen LogP contribution in [0.25, 0.3) is 0 Å². The van der Waals surface area contributed by atoms with Crippen molar-refractivity contribution in [1.82, 2.24) is 5.32 Å². The van der Waals surface area contributed by atoms with E-state index in [2.05, 4.69) is 17.1 Å². The molecule has 1 unspecified atom stereocenters. The second kappa shape index (κ2) is 3.64. The summed E-state index contributed by atoms with van der Waals surface area (Å²) in [5.41, 5.74) is 0.360. The number of nitrogens with one attached hydrogen (secondary N) is 1. The zero-order chi connectivity index (χ0) is 11.2. The predicted octanol–water partition coefficient (Wildman–Crippen LogP) is 1.42. The highest BCUT2D eigenvalue weighted by molar-refractivity contribution is 7.99. The van der Waals surface area contributed by atoms with Gasteiger partial charge in [-0.05, 0) is 43.4 Å². The molecule has 0 aromatic heterocycles. The SMILES string of the molecule is COC(=O)C12CC(C3CSCCCN3)(C1)C2. The lowest BCUT2D eigenvalue weighted by atomic mass is 9.33. The first kappa shape index (κ1) is 10.9. The first-order chi connectivity index (χ1) is 7.71. The third-order valence-corrected chi connectivity index (χ3v) is 5.72. The lowest BCUT2D eigenvalue weighted by Gasteiger charge is -2.71. The average Bonchev–Trinajstić information content (AvgIpc) is 2.42. The first-order valence-electron chi connectivity index (χ1n) is 6.10. The van der Waals surface area contributed by atoms with E-state index in [1.165, 1.54) is 25.0 Å². The molecule has 4 fully saturated rings. The molecule has 1 N–H and O–H groups in total. The topological polar surface area (TPSA) is 38.3 Å². The van der Waals surface area contributed by atoms with Gasteiger partial charge in [0.05, 0.1) is 12.5 Å². The molecule has 1 saturated heterocycles. The molecule has 1 aliphatic heterocycles. The number of thioether (sulfide) groups is 1. The van der Waals surface area contributed by atoms with E-state index in [-0.39, 0.29) is 11.4 Å². The zero-order valence-corrected chi connectivity index (χ0v) is 10.6. The van der Waals surface area contributed by atoms with Crippen LogP contribution in [0.2, 0.25) is 0 Å². The minimum absolute atomic E-state index is 0.0238. The second-order valence-electron chi connectivity index (χ2n) is 5.60. The van der Waals surface area contributed by atoms with Crippen molar-refractivity contribution in [2.45, 2.75) is 31.7 Å². The number of hydrogen-bond donors (Lipinski definition) is 1. The average molecular weight is 241 g/mol. The molecule has 0 aromatic carbocycles. The predicted molar refractivity (Wildman–Crippen MR) is 64.5 cm³/mol. The van der Waals surface area contributed by atoms with Gasteiger partial charge in [-0.2, -0.15) is 11.8 Å². The number of ether oxygens (including phenoxy) is 1. The van der Waals surface area contributed by atoms with Gasteiger partial charge in [-0.3, -0.25) is 4.79 Å². The van der Waals surface area contributed by atoms with E-state index in [0.717, 1.165) is 25.8 Å². The molecule has 16 heavy (non-hydrogen) atoms. The maximum Gasteiger partial charge on any atom is 0.311 e. The Labute approximate surface area is 101 Å². The Morgan fingerprint density at radius 2 is 2.19 bits per heavy atom. The second-order valence-corrected chi connectivity index (χ2v) is 6.75. The van der Waals surface area contributed by atoms with Gasteiger partial charge < -0.3 is 10.1 Å². The maximum absolute atomic E-state index is 11.6. The molecule has 2 bridgehead atoms. The van der Waals surface area contributed by atoms with Crippen LogP contribution in [0.5, 0.6) is 0 Å². The summed E-state index contributed by atoms with van der Waals surface area (Å²) in [6.45, 7) is 1.14. The molecule has 1 heterocycles. The quantitative estimate of drug-likeness (QED) is 0.742. The van der Waals surface area contributed by atoms with E-state index in [1.54, 1.807) is 0 Å². The van der Waals surface area contributed by atoms with Gasteiger partial charge in [0.1, 0.15) is 0 Å². The Kier molecular flexibility index (Phi) is 2.48. The fourth-order valence-corrected chi connectivity index (χ4v) is 5.00. The number of rotatable bonds is 2. The number of carbonyl (C=O) groups is 1. The molecule has 4 aliphatic rings. The van der Waals surface area contributed by atoms with Crippen LogP contribution in [0, 0.1) is 10.8 Å². The highest BCUT2D eigenvalue weighted by atomic mass is 32.2. The number of hydrogen-bond acceptors (Lipinski definition) is 4. The molecule has 1 atom stereocenters. The zero-order valence-electron chi connectivity index (χ0n) is 9.75. The molecular formula is C12H19NO2S. The summed E-state index contributed by atoms with van der Waals surface area (Å²) in [4.78, 5) is 11.6. The molecule has 4 rings (SSSR count). The van der Waals surface area contributed by atoms with Crippen molar-refractivity contribution in [3.63, 3.8) is 0 Å². The Bertz CT molecular complexity index is 290. The minimum atomic E-state index is -0.0760. The van der Waals surface area contributed by atoms with Crippen molar-refractivity contribution in [2.24, 2.45) is 10.8 Å². The third-order valence-electron chi connectivity index (χ3n) is 4.57. The molecule has 3 aliphatic carbocycles. The van der Waals surface area contributed by atoms with Crippen molar-refractivity contribution >= 4 is 17.7 Å². The van der Waals surface area contributed by atoms with E-state index in [1.807, 2.05) is 0 Å². The van der Waals surface area contributed by atoms with Crippen LogP contribution in [0.3, 0.4) is 0 Å². The lowest BCUT2D eigenvalue weighted by molar-refractivity contribution is -0.233. The van der Waals surface area contributed by atoms with Gasteiger partial charge in [0.25, 0.3) is 0 Å². The van der Waals surface area contributed by atoms with Gasteiger partial charge in [-0.25, -0.2) is 0 Å².